The van der Waals surface area contributed by atoms with Gasteiger partial charge in [0.15, 0.2) is 0 Å². The Balaban J connectivity index is 1.59. The van der Waals surface area contributed by atoms with Gasteiger partial charge in [0, 0.05) is 31.8 Å². The Morgan fingerprint density at radius 2 is 2.04 bits per heavy atom. The summed E-state index contributed by atoms with van der Waals surface area (Å²) in [6.45, 7) is 2.37. The number of nitrogens with zero attached hydrogens (tertiary/aromatic N) is 2. The summed E-state index contributed by atoms with van der Waals surface area (Å²) in [7, 11) is 1.72. The number of aryl methyl sites for hydroxylation is 1. The third kappa shape index (κ3) is 4.68. The number of carboxylic acids is 1. The first-order valence-corrected chi connectivity index (χ1v) is 9.48. The molecule has 2 aromatic rings. The van der Waals surface area contributed by atoms with Gasteiger partial charge in [0.1, 0.15) is 5.82 Å². The number of aliphatic carboxylic acids is 1. The van der Waals surface area contributed by atoms with Gasteiger partial charge >= 0.3 is 5.97 Å². The summed E-state index contributed by atoms with van der Waals surface area (Å²) in [5, 5.41) is 11.9. The minimum Gasteiger partial charge on any atom is -0.481 e. The first-order chi connectivity index (χ1) is 13.3. The number of H-pyrrole nitrogens is 1. The molecule has 0 saturated carbocycles. The van der Waals surface area contributed by atoms with Crippen molar-refractivity contribution >= 4 is 28.8 Å². The Morgan fingerprint density at radius 3 is 2.71 bits per heavy atom. The van der Waals surface area contributed by atoms with E-state index in [2.05, 4.69) is 15.3 Å². The van der Waals surface area contributed by atoms with Crippen molar-refractivity contribution < 1.29 is 19.5 Å². The Bertz CT molecular complexity index is 907. The van der Waals surface area contributed by atoms with Crippen molar-refractivity contribution in [3.8, 4) is 0 Å². The fraction of sp³-hybridized carbons (Fsp3) is 0.500. The number of nitrogens with one attached hydrogen (secondary N) is 2. The zero-order chi connectivity index (χ0) is 20.3. The van der Waals surface area contributed by atoms with Crippen molar-refractivity contribution in [2.75, 3.05) is 7.05 Å². The molecule has 1 aromatic heterocycles. The van der Waals surface area contributed by atoms with Crippen LogP contribution in [0.25, 0.3) is 11.0 Å². The first-order valence-electron chi connectivity index (χ1n) is 9.48. The van der Waals surface area contributed by atoms with Crippen molar-refractivity contribution in [1.82, 2.24) is 20.2 Å². The molecule has 3 rings (SSSR count). The molecular formula is C20H26N4O4. The van der Waals surface area contributed by atoms with Crippen LogP contribution in [0.2, 0.25) is 0 Å². The Labute approximate surface area is 163 Å². The molecule has 1 aliphatic heterocycles. The molecule has 1 aromatic carbocycles. The van der Waals surface area contributed by atoms with Crippen LogP contribution in [0.15, 0.2) is 18.2 Å². The van der Waals surface area contributed by atoms with Gasteiger partial charge in [-0.05, 0) is 43.9 Å². The standard InChI is InChI=1S/C20H26N4O4/c1-13-3-4-14-15(11-13)22-16(21-14)12-24(2)18(26)6-9-20(10-7-19(27)28)8-5-17(25)23-20/h3-4,11H,5-10,12H2,1-2H3,(H,21,22)(H,23,25)(H,27,28)/t20-/m0/s1. The Kier molecular flexibility index (Phi) is 5.67. The zero-order valence-electron chi connectivity index (χ0n) is 16.2. The lowest BCUT2D eigenvalue weighted by Crippen LogP contribution is -2.43. The highest BCUT2D eigenvalue weighted by Crippen LogP contribution is 2.30. The van der Waals surface area contributed by atoms with Crippen LogP contribution in [0.1, 0.15) is 49.9 Å². The molecular weight excluding hydrogens is 360 g/mol. The fourth-order valence-corrected chi connectivity index (χ4v) is 3.72. The van der Waals surface area contributed by atoms with E-state index in [0.717, 1.165) is 16.6 Å². The summed E-state index contributed by atoms with van der Waals surface area (Å²) in [4.78, 5) is 44.5. The predicted octanol–water partition coefficient (Wildman–Crippen LogP) is 2.12. The van der Waals surface area contributed by atoms with Gasteiger partial charge in [0.25, 0.3) is 0 Å². The fourth-order valence-electron chi connectivity index (χ4n) is 3.72. The zero-order valence-corrected chi connectivity index (χ0v) is 16.2. The third-order valence-electron chi connectivity index (χ3n) is 5.37. The first kappa shape index (κ1) is 19.9. The molecule has 0 aliphatic carbocycles. The predicted molar refractivity (Wildman–Crippen MR) is 104 cm³/mol. The molecule has 28 heavy (non-hydrogen) atoms. The maximum absolute atomic E-state index is 12.6. The lowest BCUT2D eigenvalue weighted by molar-refractivity contribution is -0.137. The SMILES string of the molecule is Cc1ccc2nc(CN(C)C(=O)CC[C@]3(CCC(=O)O)CCC(=O)N3)[nH]c2c1. The molecule has 0 unspecified atom stereocenters. The van der Waals surface area contributed by atoms with Crippen molar-refractivity contribution in [3.05, 3.63) is 29.6 Å². The number of carboxylic acid groups (broad SMARTS) is 1. The van der Waals surface area contributed by atoms with Gasteiger partial charge in [-0.25, -0.2) is 4.98 Å². The molecule has 8 heteroatoms. The Morgan fingerprint density at radius 1 is 1.29 bits per heavy atom. The number of aromatic amines is 1. The Hall–Kier alpha value is -2.90. The van der Waals surface area contributed by atoms with Crippen LogP contribution >= 0.6 is 0 Å². The summed E-state index contributed by atoms with van der Waals surface area (Å²) in [5.74, 6) is -0.327. The second kappa shape index (κ2) is 8.00. The maximum atomic E-state index is 12.6. The van der Waals surface area contributed by atoms with E-state index in [1.54, 1.807) is 11.9 Å². The molecule has 1 fully saturated rings. The van der Waals surface area contributed by atoms with E-state index in [1.807, 2.05) is 25.1 Å². The molecule has 0 radical (unpaired) electrons. The average molecular weight is 386 g/mol. The monoisotopic (exact) mass is 386 g/mol. The average Bonchev–Trinajstić information content (AvgIpc) is 3.20. The summed E-state index contributed by atoms with van der Waals surface area (Å²) in [5.41, 5.74) is 2.35. The van der Waals surface area contributed by atoms with Gasteiger partial charge in [-0.15, -0.1) is 0 Å². The summed E-state index contributed by atoms with van der Waals surface area (Å²) in [6, 6.07) is 5.96. The van der Waals surface area contributed by atoms with Crippen LogP contribution < -0.4 is 5.32 Å². The topological polar surface area (TPSA) is 115 Å². The number of fused-ring (bicyclic) bond motifs is 1. The second-order valence-corrected chi connectivity index (χ2v) is 7.68. The number of hydrogen-bond donors (Lipinski definition) is 3. The van der Waals surface area contributed by atoms with E-state index in [4.69, 9.17) is 5.11 Å². The van der Waals surface area contributed by atoms with Gasteiger partial charge in [0.05, 0.1) is 17.6 Å². The van der Waals surface area contributed by atoms with Crippen LogP contribution in [0.4, 0.5) is 0 Å². The number of amides is 2. The summed E-state index contributed by atoms with van der Waals surface area (Å²) < 4.78 is 0. The highest BCUT2D eigenvalue weighted by Gasteiger charge is 2.38. The quantitative estimate of drug-likeness (QED) is 0.643. The molecule has 1 atom stereocenters. The van der Waals surface area contributed by atoms with E-state index in [0.29, 0.717) is 38.1 Å². The lowest BCUT2D eigenvalue weighted by Gasteiger charge is -2.29. The van der Waals surface area contributed by atoms with Crippen molar-refractivity contribution in [3.63, 3.8) is 0 Å². The molecule has 8 nitrogen and oxygen atoms in total. The van der Waals surface area contributed by atoms with Crippen LogP contribution in [0.3, 0.4) is 0 Å². The van der Waals surface area contributed by atoms with E-state index >= 15 is 0 Å². The van der Waals surface area contributed by atoms with Gasteiger partial charge in [-0.2, -0.15) is 0 Å². The van der Waals surface area contributed by atoms with Crippen LogP contribution in [-0.2, 0) is 20.9 Å². The van der Waals surface area contributed by atoms with Crippen molar-refractivity contribution in [2.24, 2.45) is 0 Å². The van der Waals surface area contributed by atoms with E-state index in [-0.39, 0.29) is 24.7 Å². The normalized spacial score (nSPS) is 19.0. The molecule has 1 saturated heterocycles. The van der Waals surface area contributed by atoms with Crippen molar-refractivity contribution in [2.45, 2.75) is 57.5 Å². The van der Waals surface area contributed by atoms with Crippen LogP contribution in [0.5, 0.6) is 0 Å². The largest absolute Gasteiger partial charge is 0.481 e. The third-order valence-corrected chi connectivity index (χ3v) is 5.37. The number of benzene rings is 1. The van der Waals surface area contributed by atoms with Gasteiger partial charge in [-0.3, -0.25) is 14.4 Å². The van der Waals surface area contributed by atoms with E-state index in [9.17, 15) is 14.4 Å². The number of rotatable bonds is 8. The summed E-state index contributed by atoms with van der Waals surface area (Å²) >= 11 is 0. The van der Waals surface area contributed by atoms with E-state index in [1.165, 1.54) is 0 Å². The second-order valence-electron chi connectivity index (χ2n) is 7.68. The molecule has 0 bridgehead atoms. The molecule has 2 heterocycles. The number of carbonyl (C=O) groups excluding carboxylic acids is 2. The number of carbonyl (C=O) groups is 3. The highest BCUT2D eigenvalue weighted by molar-refractivity contribution is 5.80. The highest BCUT2D eigenvalue weighted by atomic mass is 16.4. The number of imidazole rings is 1. The molecule has 1 aliphatic rings. The van der Waals surface area contributed by atoms with Crippen LogP contribution in [-0.4, -0.2) is 50.3 Å². The minimum absolute atomic E-state index is 0.0251. The van der Waals surface area contributed by atoms with Crippen LogP contribution in [0, 0.1) is 6.92 Å². The van der Waals surface area contributed by atoms with Gasteiger partial charge < -0.3 is 20.3 Å². The molecule has 2 amide bonds. The maximum Gasteiger partial charge on any atom is 0.303 e. The van der Waals surface area contributed by atoms with Gasteiger partial charge in [-0.1, -0.05) is 6.07 Å². The number of aromatic nitrogens is 2. The van der Waals surface area contributed by atoms with Crippen molar-refractivity contribution in [1.29, 1.82) is 0 Å². The van der Waals surface area contributed by atoms with E-state index < -0.39 is 11.5 Å². The summed E-state index contributed by atoms with van der Waals surface area (Å²) in [6.07, 6.45) is 1.95. The molecule has 150 valence electrons. The smallest absolute Gasteiger partial charge is 0.303 e. The lowest BCUT2D eigenvalue weighted by atomic mass is 9.86. The molecule has 3 N–H and O–H groups in total. The minimum atomic E-state index is -0.899. The number of hydrogen-bond acceptors (Lipinski definition) is 4. The van der Waals surface area contributed by atoms with Gasteiger partial charge in [0.2, 0.25) is 11.8 Å². The molecule has 0 spiro atoms.